The van der Waals surface area contributed by atoms with Crippen LogP contribution in [0, 0.1) is 0 Å². The molecule has 3 nitrogen and oxygen atoms in total. The van der Waals surface area contributed by atoms with E-state index in [0.717, 1.165) is 32.5 Å². The Hall–Kier alpha value is -0.830. The van der Waals surface area contributed by atoms with Crippen LogP contribution in [0.5, 0.6) is 0 Å². The third-order valence-electron chi connectivity index (χ3n) is 2.40. The summed E-state index contributed by atoms with van der Waals surface area (Å²) < 4.78 is 0. The van der Waals surface area contributed by atoms with Gasteiger partial charge in [-0.25, -0.2) is 0 Å². The largest absolute Gasteiger partial charge is 0.345 e. The van der Waals surface area contributed by atoms with Gasteiger partial charge < -0.3 is 4.90 Å². The lowest BCUT2D eigenvalue weighted by Gasteiger charge is -2.17. The lowest BCUT2D eigenvalue weighted by molar-refractivity contribution is -0.129. The normalized spacial score (nSPS) is 20.1. The summed E-state index contributed by atoms with van der Waals surface area (Å²) >= 11 is 0. The number of rotatable bonds is 3. The zero-order chi connectivity index (χ0) is 9.68. The molecule has 0 aromatic heterocycles. The lowest BCUT2D eigenvalue weighted by atomic mass is 10.3. The summed E-state index contributed by atoms with van der Waals surface area (Å²) in [6.45, 7) is 7.14. The first-order valence-corrected chi connectivity index (χ1v) is 4.81. The number of carbonyl (C=O) groups excluding carboxylic acids is 1. The predicted molar refractivity (Wildman–Crippen MR) is 53.5 cm³/mol. The van der Waals surface area contributed by atoms with E-state index >= 15 is 0 Å². The summed E-state index contributed by atoms with van der Waals surface area (Å²) in [4.78, 5) is 15.5. The fourth-order valence-corrected chi connectivity index (χ4v) is 1.51. The minimum atomic E-state index is 0.238. The molecule has 1 aliphatic rings. The van der Waals surface area contributed by atoms with Crippen molar-refractivity contribution in [2.75, 3.05) is 33.2 Å². The van der Waals surface area contributed by atoms with Gasteiger partial charge in [-0.1, -0.05) is 6.08 Å². The van der Waals surface area contributed by atoms with Crippen LogP contribution in [0.25, 0.3) is 0 Å². The molecule has 0 atom stereocenters. The van der Waals surface area contributed by atoms with Gasteiger partial charge >= 0.3 is 0 Å². The van der Waals surface area contributed by atoms with Crippen LogP contribution in [0.2, 0.25) is 0 Å². The number of hydrogen-bond acceptors (Lipinski definition) is 2. The monoisotopic (exact) mass is 182 g/mol. The van der Waals surface area contributed by atoms with Crippen molar-refractivity contribution >= 4 is 5.91 Å². The second kappa shape index (κ2) is 5.02. The number of nitrogens with zero attached hydrogens (tertiary/aromatic N) is 2. The van der Waals surface area contributed by atoms with Gasteiger partial charge in [0.15, 0.2) is 0 Å². The summed E-state index contributed by atoms with van der Waals surface area (Å²) in [6.07, 6.45) is 3.95. The lowest BCUT2D eigenvalue weighted by Crippen LogP contribution is -2.34. The molecular formula is C10H18N2O. The molecule has 0 N–H and O–H groups in total. The Morgan fingerprint density at radius 2 is 2.31 bits per heavy atom. The van der Waals surface area contributed by atoms with Crippen LogP contribution in [-0.2, 0) is 4.79 Å². The van der Waals surface area contributed by atoms with Gasteiger partial charge in [0.1, 0.15) is 0 Å². The molecule has 1 heterocycles. The van der Waals surface area contributed by atoms with Crippen molar-refractivity contribution < 1.29 is 4.79 Å². The maximum absolute atomic E-state index is 11.4. The van der Waals surface area contributed by atoms with Gasteiger partial charge in [0.2, 0.25) is 5.91 Å². The molecule has 1 aliphatic heterocycles. The first-order valence-electron chi connectivity index (χ1n) is 4.81. The second-order valence-electron chi connectivity index (χ2n) is 3.52. The Morgan fingerprint density at radius 3 is 3.00 bits per heavy atom. The van der Waals surface area contributed by atoms with Crippen LogP contribution >= 0.6 is 0 Å². The predicted octanol–water partition coefficient (Wildman–Crippen LogP) is 0.727. The Kier molecular flexibility index (Phi) is 3.96. The highest BCUT2D eigenvalue weighted by Crippen LogP contribution is 2.02. The van der Waals surface area contributed by atoms with Crippen molar-refractivity contribution in [1.29, 1.82) is 0 Å². The summed E-state index contributed by atoms with van der Waals surface area (Å²) in [7, 11) is 1.87. The molecule has 0 bridgehead atoms. The maximum atomic E-state index is 11.4. The fraction of sp³-hybridized carbons (Fsp3) is 0.700. The van der Waals surface area contributed by atoms with Gasteiger partial charge in [-0.3, -0.25) is 9.69 Å². The van der Waals surface area contributed by atoms with Gasteiger partial charge in [0, 0.05) is 26.7 Å². The summed E-state index contributed by atoms with van der Waals surface area (Å²) in [5.74, 6) is 0.238. The molecule has 1 fully saturated rings. The van der Waals surface area contributed by atoms with Crippen LogP contribution in [0.15, 0.2) is 12.7 Å². The number of hydrogen-bond donors (Lipinski definition) is 0. The third kappa shape index (κ3) is 3.19. The van der Waals surface area contributed by atoms with E-state index in [0.29, 0.717) is 6.54 Å². The average molecular weight is 182 g/mol. The highest BCUT2D eigenvalue weighted by molar-refractivity contribution is 5.78. The molecule has 1 rings (SSSR count). The van der Waals surface area contributed by atoms with Crippen molar-refractivity contribution in [3.8, 4) is 0 Å². The first kappa shape index (κ1) is 10.3. The molecule has 0 aliphatic carbocycles. The van der Waals surface area contributed by atoms with Crippen LogP contribution in [-0.4, -0.2) is 48.9 Å². The smallest absolute Gasteiger partial charge is 0.236 e. The molecule has 13 heavy (non-hydrogen) atoms. The maximum Gasteiger partial charge on any atom is 0.236 e. The van der Waals surface area contributed by atoms with Crippen molar-refractivity contribution in [3.05, 3.63) is 12.7 Å². The van der Waals surface area contributed by atoms with Crippen molar-refractivity contribution in [2.24, 2.45) is 0 Å². The SMILES string of the molecule is C=CCCN1CCCN(C)C(=O)C1. The first-order chi connectivity index (χ1) is 6.24. The van der Waals surface area contributed by atoms with Gasteiger partial charge in [-0.05, 0) is 12.8 Å². The van der Waals surface area contributed by atoms with Gasteiger partial charge in [0.25, 0.3) is 0 Å². The molecule has 0 aromatic rings. The van der Waals surface area contributed by atoms with Crippen LogP contribution in [0.1, 0.15) is 12.8 Å². The number of likely N-dealkylation sites (N-methyl/N-ethyl adjacent to an activating group) is 1. The third-order valence-corrected chi connectivity index (χ3v) is 2.40. The van der Waals surface area contributed by atoms with Crippen LogP contribution < -0.4 is 0 Å². The number of carbonyl (C=O) groups is 1. The molecule has 0 radical (unpaired) electrons. The van der Waals surface area contributed by atoms with E-state index in [2.05, 4.69) is 11.5 Å². The Morgan fingerprint density at radius 1 is 1.54 bits per heavy atom. The van der Waals surface area contributed by atoms with Crippen molar-refractivity contribution in [1.82, 2.24) is 9.80 Å². The van der Waals surface area contributed by atoms with E-state index in [1.165, 1.54) is 0 Å². The fourth-order valence-electron chi connectivity index (χ4n) is 1.51. The average Bonchev–Trinajstić information content (AvgIpc) is 2.26. The standard InChI is InChI=1S/C10H18N2O/c1-3-4-7-12-8-5-6-11(2)10(13)9-12/h3H,1,4-9H2,2H3. The molecule has 3 heteroatoms. The molecular weight excluding hydrogens is 164 g/mol. The van der Waals surface area contributed by atoms with Crippen LogP contribution in [0.4, 0.5) is 0 Å². The van der Waals surface area contributed by atoms with Crippen LogP contribution in [0.3, 0.4) is 0 Å². The summed E-state index contributed by atoms with van der Waals surface area (Å²) in [5, 5.41) is 0. The van der Waals surface area contributed by atoms with E-state index < -0.39 is 0 Å². The molecule has 0 saturated carbocycles. The Labute approximate surface area is 80.0 Å². The molecule has 1 amide bonds. The van der Waals surface area contributed by atoms with E-state index in [1.807, 2.05) is 18.0 Å². The minimum absolute atomic E-state index is 0.238. The minimum Gasteiger partial charge on any atom is -0.345 e. The zero-order valence-corrected chi connectivity index (χ0v) is 8.33. The molecule has 0 spiro atoms. The van der Waals surface area contributed by atoms with Gasteiger partial charge in [-0.15, -0.1) is 6.58 Å². The highest BCUT2D eigenvalue weighted by Gasteiger charge is 2.17. The second-order valence-corrected chi connectivity index (χ2v) is 3.52. The van der Waals surface area contributed by atoms with E-state index in [4.69, 9.17) is 0 Å². The van der Waals surface area contributed by atoms with Crippen molar-refractivity contribution in [2.45, 2.75) is 12.8 Å². The molecule has 74 valence electrons. The van der Waals surface area contributed by atoms with Gasteiger partial charge in [-0.2, -0.15) is 0 Å². The van der Waals surface area contributed by atoms with Gasteiger partial charge in [0.05, 0.1) is 6.54 Å². The summed E-state index contributed by atoms with van der Waals surface area (Å²) in [5.41, 5.74) is 0. The molecule has 0 unspecified atom stereocenters. The zero-order valence-electron chi connectivity index (χ0n) is 8.33. The van der Waals surface area contributed by atoms with E-state index in [-0.39, 0.29) is 5.91 Å². The topological polar surface area (TPSA) is 23.6 Å². The van der Waals surface area contributed by atoms with E-state index in [9.17, 15) is 4.79 Å². The Bertz CT molecular complexity index is 191. The summed E-state index contributed by atoms with van der Waals surface area (Å²) in [6, 6.07) is 0. The molecule has 1 saturated heterocycles. The number of amides is 1. The quantitative estimate of drug-likeness (QED) is 0.601. The Balaban J connectivity index is 2.39. The van der Waals surface area contributed by atoms with E-state index in [1.54, 1.807) is 0 Å². The highest BCUT2D eigenvalue weighted by atomic mass is 16.2. The van der Waals surface area contributed by atoms with Crippen molar-refractivity contribution in [3.63, 3.8) is 0 Å². The molecule has 0 aromatic carbocycles.